The standard InChI is InChI=1S/C17H16ClN5O/c18-16-11-14(23-12-20-21-22-23)8-9-15(16)17(24)19-10-4-7-13-5-2-1-3-6-13/h1-3,5-6,8-9,11-12H,4,7,10H2,(H,19,24). The molecule has 2 aromatic carbocycles. The van der Waals surface area contributed by atoms with Crippen LogP contribution >= 0.6 is 11.6 Å². The average molecular weight is 342 g/mol. The second-order valence-electron chi connectivity index (χ2n) is 5.26. The number of halogens is 1. The molecule has 24 heavy (non-hydrogen) atoms. The van der Waals surface area contributed by atoms with Crippen molar-refractivity contribution < 1.29 is 4.79 Å². The van der Waals surface area contributed by atoms with Crippen LogP contribution in [0, 0.1) is 0 Å². The van der Waals surface area contributed by atoms with Crippen molar-refractivity contribution in [3.8, 4) is 5.69 Å². The van der Waals surface area contributed by atoms with Gasteiger partial charge in [-0.15, -0.1) is 5.10 Å². The Labute approximate surface area is 144 Å². The predicted molar refractivity (Wildman–Crippen MR) is 91.3 cm³/mol. The summed E-state index contributed by atoms with van der Waals surface area (Å²) in [5, 5.41) is 14.2. The summed E-state index contributed by atoms with van der Waals surface area (Å²) in [4.78, 5) is 12.2. The van der Waals surface area contributed by atoms with E-state index in [0.717, 1.165) is 12.8 Å². The van der Waals surface area contributed by atoms with Crippen LogP contribution < -0.4 is 5.32 Å². The molecular weight excluding hydrogens is 326 g/mol. The third-order valence-corrected chi connectivity index (χ3v) is 3.89. The topological polar surface area (TPSA) is 72.7 Å². The molecule has 1 heterocycles. The van der Waals surface area contributed by atoms with Crippen LogP contribution in [0.15, 0.2) is 54.9 Å². The van der Waals surface area contributed by atoms with Gasteiger partial charge in [-0.25, -0.2) is 4.68 Å². The van der Waals surface area contributed by atoms with Crippen molar-refractivity contribution in [1.29, 1.82) is 0 Å². The molecule has 3 rings (SSSR count). The van der Waals surface area contributed by atoms with Crippen molar-refractivity contribution in [2.75, 3.05) is 6.54 Å². The molecule has 1 N–H and O–H groups in total. The Morgan fingerprint density at radius 3 is 2.71 bits per heavy atom. The summed E-state index contributed by atoms with van der Waals surface area (Å²) in [5.41, 5.74) is 2.40. The van der Waals surface area contributed by atoms with Gasteiger partial charge in [-0.3, -0.25) is 4.79 Å². The molecule has 0 aliphatic carbocycles. The lowest BCUT2D eigenvalue weighted by molar-refractivity contribution is 0.0953. The lowest BCUT2D eigenvalue weighted by atomic mass is 10.1. The van der Waals surface area contributed by atoms with Gasteiger partial charge < -0.3 is 5.32 Å². The van der Waals surface area contributed by atoms with Crippen molar-refractivity contribution in [1.82, 2.24) is 25.5 Å². The Morgan fingerprint density at radius 1 is 1.17 bits per heavy atom. The number of aromatic nitrogens is 4. The van der Waals surface area contributed by atoms with Gasteiger partial charge in [-0.1, -0.05) is 41.9 Å². The highest BCUT2D eigenvalue weighted by Crippen LogP contribution is 2.19. The maximum Gasteiger partial charge on any atom is 0.252 e. The summed E-state index contributed by atoms with van der Waals surface area (Å²) in [6, 6.07) is 15.3. The molecule has 0 aliphatic rings. The van der Waals surface area contributed by atoms with Crippen LogP contribution in [0.4, 0.5) is 0 Å². The van der Waals surface area contributed by atoms with Crippen molar-refractivity contribution >= 4 is 17.5 Å². The number of amides is 1. The van der Waals surface area contributed by atoms with Crippen molar-refractivity contribution in [3.05, 3.63) is 71.0 Å². The van der Waals surface area contributed by atoms with Crippen LogP contribution in [0.3, 0.4) is 0 Å². The Morgan fingerprint density at radius 2 is 2.00 bits per heavy atom. The molecule has 122 valence electrons. The second-order valence-corrected chi connectivity index (χ2v) is 5.67. The number of nitrogens with zero attached hydrogens (tertiary/aromatic N) is 4. The van der Waals surface area contributed by atoms with E-state index in [1.54, 1.807) is 18.2 Å². The molecule has 0 bridgehead atoms. The fraction of sp³-hybridized carbons (Fsp3) is 0.176. The van der Waals surface area contributed by atoms with Crippen molar-refractivity contribution in [2.24, 2.45) is 0 Å². The largest absolute Gasteiger partial charge is 0.352 e. The van der Waals surface area contributed by atoms with Gasteiger partial charge in [0, 0.05) is 6.54 Å². The van der Waals surface area contributed by atoms with Crippen LogP contribution in [0.25, 0.3) is 5.69 Å². The van der Waals surface area contributed by atoms with E-state index < -0.39 is 0 Å². The molecule has 0 atom stereocenters. The molecule has 1 amide bonds. The number of benzene rings is 2. The van der Waals surface area contributed by atoms with E-state index in [9.17, 15) is 4.79 Å². The second kappa shape index (κ2) is 7.70. The van der Waals surface area contributed by atoms with Crippen molar-refractivity contribution in [3.63, 3.8) is 0 Å². The lowest BCUT2D eigenvalue weighted by Gasteiger charge is -2.08. The quantitative estimate of drug-likeness (QED) is 0.700. The normalized spacial score (nSPS) is 10.5. The molecule has 0 radical (unpaired) electrons. The molecular formula is C17H16ClN5O. The number of carbonyl (C=O) groups is 1. The van der Waals surface area contributed by atoms with Crippen LogP contribution in [-0.2, 0) is 6.42 Å². The fourth-order valence-electron chi connectivity index (χ4n) is 2.34. The van der Waals surface area contributed by atoms with E-state index in [0.29, 0.717) is 22.8 Å². The highest BCUT2D eigenvalue weighted by atomic mass is 35.5. The van der Waals surface area contributed by atoms with Gasteiger partial charge in [0.05, 0.1) is 16.3 Å². The van der Waals surface area contributed by atoms with E-state index in [1.165, 1.54) is 16.6 Å². The first-order valence-corrected chi connectivity index (χ1v) is 7.97. The fourth-order valence-corrected chi connectivity index (χ4v) is 2.61. The van der Waals surface area contributed by atoms with Crippen LogP contribution in [0.5, 0.6) is 0 Å². The first-order valence-electron chi connectivity index (χ1n) is 7.59. The van der Waals surface area contributed by atoms with Crippen molar-refractivity contribution in [2.45, 2.75) is 12.8 Å². The number of rotatable bonds is 6. The smallest absolute Gasteiger partial charge is 0.252 e. The predicted octanol–water partition coefficient (Wildman–Crippen LogP) is 2.68. The third kappa shape index (κ3) is 3.97. The summed E-state index contributed by atoms with van der Waals surface area (Å²) in [6.45, 7) is 0.596. The zero-order chi connectivity index (χ0) is 16.8. The van der Waals surface area contributed by atoms with Gasteiger partial charge in [-0.2, -0.15) is 0 Å². The van der Waals surface area contributed by atoms with Gasteiger partial charge >= 0.3 is 0 Å². The Hall–Kier alpha value is -2.73. The number of hydrogen-bond acceptors (Lipinski definition) is 4. The zero-order valence-electron chi connectivity index (χ0n) is 12.9. The summed E-state index contributed by atoms with van der Waals surface area (Å²) in [6.07, 6.45) is 3.26. The number of hydrogen-bond donors (Lipinski definition) is 1. The Bertz CT molecular complexity index is 805. The summed E-state index contributed by atoms with van der Waals surface area (Å²) < 4.78 is 1.48. The first kappa shape index (κ1) is 16.1. The minimum Gasteiger partial charge on any atom is -0.352 e. The molecule has 0 fully saturated rings. The van der Waals surface area contributed by atoms with E-state index in [-0.39, 0.29) is 5.91 Å². The summed E-state index contributed by atoms with van der Waals surface area (Å²) in [5.74, 6) is -0.184. The van der Waals surface area contributed by atoms with E-state index in [1.807, 2.05) is 18.2 Å². The number of tetrazole rings is 1. The summed E-state index contributed by atoms with van der Waals surface area (Å²) >= 11 is 6.21. The monoisotopic (exact) mass is 341 g/mol. The number of carbonyl (C=O) groups excluding carboxylic acids is 1. The van der Waals surface area contributed by atoms with E-state index in [4.69, 9.17) is 11.6 Å². The zero-order valence-corrected chi connectivity index (χ0v) is 13.6. The van der Waals surface area contributed by atoms with Gasteiger partial charge in [-0.05, 0) is 47.0 Å². The minimum absolute atomic E-state index is 0.184. The maximum absolute atomic E-state index is 12.2. The molecule has 0 unspecified atom stereocenters. The number of aryl methyl sites for hydroxylation is 1. The van der Waals surface area contributed by atoms with Gasteiger partial charge in [0.25, 0.3) is 5.91 Å². The van der Waals surface area contributed by atoms with E-state index >= 15 is 0 Å². The molecule has 0 spiro atoms. The maximum atomic E-state index is 12.2. The highest BCUT2D eigenvalue weighted by molar-refractivity contribution is 6.34. The Kier molecular flexibility index (Phi) is 5.18. The highest BCUT2D eigenvalue weighted by Gasteiger charge is 2.11. The van der Waals surface area contributed by atoms with Gasteiger partial charge in [0.1, 0.15) is 6.33 Å². The molecule has 6 nitrogen and oxygen atoms in total. The van der Waals surface area contributed by atoms with Crippen LogP contribution in [0.1, 0.15) is 22.3 Å². The SMILES string of the molecule is O=C(NCCCc1ccccc1)c1ccc(-n2cnnn2)cc1Cl. The molecule has 0 saturated carbocycles. The lowest BCUT2D eigenvalue weighted by Crippen LogP contribution is -2.25. The van der Waals surface area contributed by atoms with Crippen LogP contribution in [0.2, 0.25) is 5.02 Å². The Balaban J connectivity index is 1.55. The molecule has 0 aliphatic heterocycles. The third-order valence-electron chi connectivity index (χ3n) is 3.58. The first-order chi connectivity index (χ1) is 11.7. The van der Waals surface area contributed by atoms with Gasteiger partial charge in [0.2, 0.25) is 0 Å². The summed E-state index contributed by atoms with van der Waals surface area (Å²) in [7, 11) is 0. The molecule has 7 heteroatoms. The molecule has 0 saturated heterocycles. The molecule has 3 aromatic rings. The minimum atomic E-state index is -0.184. The van der Waals surface area contributed by atoms with E-state index in [2.05, 4.69) is 33.0 Å². The van der Waals surface area contributed by atoms with Gasteiger partial charge in [0.15, 0.2) is 0 Å². The molecule has 1 aromatic heterocycles. The average Bonchev–Trinajstić information content (AvgIpc) is 3.14. The van der Waals surface area contributed by atoms with Crippen LogP contribution in [-0.4, -0.2) is 32.7 Å². The number of nitrogens with one attached hydrogen (secondary N) is 1.